The quantitative estimate of drug-likeness (QED) is 0.559. The third-order valence-corrected chi connectivity index (χ3v) is 1.43. The van der Waals surface area contributed by atoms with E-state index in [2.05, 4.69) is 6.92 Å². The molecule has 1 atom stereocenters. The smallest absolute Gasteiger partial charge is 0.0943 e. The third-order valence-electron chi connectivity index (χ3n) is 1.08. The Bertz CT molecular complexity index is 68.6. The average molecular weight is 167 g/mol. The van der Waals surface area contributed by atoms with Gasteiger partial charge in [-0.3, -0.25) is 0 Å². The molecule has 0 aromatic rings. The Balaban J connectivity index is 3.21. The van der Waals surface area contributed by atoms with Gasteiger partial charge < -0.3 is 9.47 Å². The first kappa shape index (κ1) is 10.2. The fourth-order valence-electron chi connectivity index (χ4n) is 0.608. The van der Waals surface area contributed by atoms with E-state index in [0.29, 0.717) is 12.5 Å². The van der Waals surface area contributed by atoms with Crippen LogP contribution in [-0.4, -0.2) is 32.3 Å². The number of halogens is 1. The Morgan fingerprint density at radius 2 is 2.20 bits per heavy atom. The molecule has 1 unspecified atom stereocenters. The highest BCUT2D eigenvalue weighted by atomic mass is 35.5. The second-order valence-electron chi connectivity index (χ2n) is 2.10. The highest BCUT2D eigenvalue weighted by molar-refractivity contribution is 6.18. The lowest BCUT2D eigenvalue weighted by Gasteiger charge is -2.12. The van der Waals surface area contributed by atoms with Gasteiger partial charge in [-0.1, -0.05) is 6.92 Å². The van der Waals surface area contributed by atoms with E-state index in [-0.39, 0.29) is 6.10 Å². The van der Waals surface area contributed by atoms with E-state index in [4.69, 9.17) is 21.1 Å². The van der Waals surface area contributed by atoms with Crippen LogP contribution in [0.2, 0.25) is 0 Å². The molecule has 0 aliphatic rings. The summed E-state index contributed by atoms with van der Waals surface area (Å²) in [6.07, 6.45) is 1.09. The topological polar surface area (TPSA) is 18.5 Å². The van der Waals surface area contributed by atoms with Crippen LogP contribution in [-0.2, 0) is 9.47 Å². The van der Waals surface area contributed by atoms with Crippen molar-refractivity contribution in [3.8, 4) is 0 Å². The van der Waals surface area contributed by atoms with E-state index >= 15 is 0 Å². The lowest BCUT2D eigenvalue weighted by molar-refractivity contribution is 0.0116. The lowest BCUT2D eigenvalue weighted by atomic mass is 10.4. The Kier molecular flexibility index (Phi) is 7.47. The van der Waals surface area contributed by atoms with E-state index in [1.54, 1.807) is 7.11 Å². The summed E-state index contributed by atoms with van der Waals surface area (Å²) in [6.45, 7) is 3.42. The molecule has 0 radical (unpaired) electrons. The Morgan fingerprint density at radius 1 is 1.50 bits per heavy atom. The van der Waals surface area contributed by atoms with Crippen LogP contribution in [0.5, 0.6) is 0 Å². The molecule has 0 fully saturated rings. The van der Waals surface area contributed by atoms with E-state index < -0.39 is 0 Å². The van der Waals surface area contributed by atoms with Crippen LogP contribution in [0.3, 0.4) is 0 Å². The minimum atomic E-state index is 0.0617. The van der Waals surface area contributed by atoms with Crippen LogP contribution in [0.15, 0.2) is 0 Å². The summed E-state index contributed by atoms with van der Waals surface area (Å²) in [4.78, 5) is 0. The van der Waals surface area contributed by atoms with Gasteiger partial charge in [-0.2, -0.15) is 0 Å². The first-order valence-electron chi connectivity index (χ1n) is 3.51. The molecule has 0 N–H and O–H groups in total. The highest BCUT2D eigenvalue weighted by Gasteiger charge is 2.04. The van der Waals surface area contributed by atoms with Gasteiger partial charge in [-0.25, -0.2) is 0 Å². The molecule has 0 saturated heterocycles. The molecule has 0 aliphatic carbocycles. The average Bonchev–Trinajstić information content (AvgIpc) is 1.98. The predicted molar refractivity (Wildman–Crippen MR) is 42.6 cm³/mol. The summed E-state index contributed by atoms with van der Waals surface area (Å²) in [5.41, 5.74) is 0. The van der Waals surface area contributed by atoms with Crippen LogP contribution < -0.4 is 0 Å². The van der Waals surface area contributed by atoms with Crippen LogP contribution in [0, 0.1) is 0 Å². The molecule has 0 aromatic heterocycles. The van der Waals surface area contributed by atoms with E-state index in [1.165, 1.54) is 0 Å². The van der Waals surface area contributed by atoms with E-state index in [0.717, 1.165) is 13.0 Å². The zero-order valence-electron chi connectivity index (χ0n) is 6.60. The molecule has 0 saturated carbocycles. The molecular formula is C7H15ClO2. The van der Waals surface area contributed by atoms with Crippen molar-refractivity contribution in [2.75, 3.05) is 26.2 Å². The van der Waals surface area contributed by atoms with Gasteiger partial charge in [0.1, 0.15) is 0 Å². The zero-order chi connectivity index (χ0) is 7.82. The SMILES string of the molecule is CCCOC(CCl)COC. The molecular weight excluding hydrogens is 152 g/mol. The summed E-state index contributed by atoms with van der Waals surface area (Å²) < 4.78 is 10.2. The van der Waals surface area contributed by atoms with Crippen LogP contribution in [0.4, 0.5) is 0 Å². The maximum absolute atomic E-state index is 5.58. The molecule has 0 rings (SSSR count). The van der Waals surface area contributed by atoms with Crippen LogP contribution >= 0.6 is 11.6 Å². The number of alkyl halides is 1. The molecule has 0 aliphatic heterocycles. The first-order chi connectivity index (χ1) is 4.85. The summed E-state index contributed by atoms with van der Waals surface area (Å²) in [5, 5.41) is 0. The Morgan fingerprint density at radius 3 is 2.60 bits per heavy atom. The van der Waals surface area contributed by atoms with Crippen LogP contribution in [0.25, 0.3) is 0 Å². The van der Waals surface area contributed by atoms with E-state index in [9.17, 15) is 0 Å². The van der Waals surface area contributed by atoms with Gasteiger partial charge in [-0.05, 0) is 6.42 Å². The number of methoxy groups -OCH3 is 1. The second-order valence-corrected chi connectivity index (χ2v) is 2.41. The fourth-order valence-corrected chi connectivity index (χ4v) is 0.786. The zero-order valence-corrected chi connectivity index (χ0v) is 7.36. The van der Waals surface area contributed by atoms with Crippen molar-refractivity contribution >= 4 is 11.6 Å². The van der Waals surface area contributed by atoms with Crippen molar-refractivity contribution in [3.05, 3.63) is 0 Å². The number of hydrogen-bond acceptors (Lipinski definition) is 2. The third kappa shape index (κ3) is 5.03. The largest absolute Gasteiger partial charge is 0.382 e. The minimum absolute atomic E-state index is 0.0617. The van der Waals surface area contributed by atoms with Gasteiger partial charge in [0.05, 0.1) is 18.6 Å². The van der Waals surface area contributed by atoms with Crippen molar-refractivity contribution in [2.24, 2.45) is 0 Å². The van der Waals surface area contributed by atoms with E-state index in [1.807, 2.05) is 0 Å². The highest BCUT2D eigenvalue weighted by Crippen LogP contribution is 1.96. The molecule has 0 aromatic carbocycles. The second kappa shape index (κ2) is 7.32. The number of hydrogen-bond donors (Lipinski definition) is 0. The summed E-state index contributed by atoms with van der Waals surface area (Å²) in [5.74, 6) is 0.508. The van der Waals surface area contributed by atoms with Crippen molar-refractivity contribution < 1.29 is 9.47 Å². The molecule has 10 heavy (non-hydrogen) atoms. The maximum atomic E-state index is 5.58. The number of rotatable bonds is 6. The van der Waals surface area contributed by atoms with Gasteiger partial charge in [0.2, 0.25) is 0 Å². The van der Waals surface area contributed by atoms with Gasteiger partial charge in [0.15, 0.2) is 0 Å². The van der Waals surface area contributed by atoms with Crippen molar-refractivity contribution in [2.45, 2.75) is 19.4 Å². The molecule has 2 nitrogen and oxygen atoms in total. The summed E-state index contributed by atoms with van der Waals surface area (Å²) in [7, 11) is 1.65. The van der Waals surface area contributed by atoms with Crippen molar-refractivity contribution in [1.82, 2.24) is 0 Å². The van der Waals surface area contributed by atoms with Crippen LogP contribution in [0.1, 0.15) is 13.3 Å². The molecule has 0 amide bonds. The van der Waals surface area contributed by atoms with Gasteiger partial charge >= 0.3 is 0 Å². The monoisotopic (exact) mass is 166 g/mol. The molecule has 0 heterocycles. The molecule has 0 bridgehead atoms. The molecule has 0 spiro atoms. The van der Waals surface area contributed by atoms with Gasteiger partial charge in [-0.15, -0.1) is 11.6 Å². The normalized spacial score (nSPS) is 13.5. The number of ether oxygens (including phenoxy) is 2. The first-order valence-corrected chi connectivity index (χ1v) is 4.05. The standard InChI is InChI=1S/C7H15ClO2/c1-3-4-10-7(5-8)6-9-2/h7H,3-6H2,1-2H3. The summed E-state index contributed by atoms with van der Waals surface area (Å²) >= 11 is 5.58. The van der Waals surface area contributed by atoms with Gasteiger partial charge in [0, 0.05) is 13.7 Å². The molecule has 3 heteroatoms. The van der Waals surface area contributed by atoms with Crippen molar-refractivity contribution in [1.29, 1.82) is 0 Å². The molecule has 62 valence electrons. The fraction of sp³-hybridized carbons (Fsp3) is 1.00. The summed E-state index contributed by atoms with van der Waals surface area (Å²) in [6, 6.07) is 0. The van der Waals surface area contributed by atoms with Gasteiger partial charge in [0.25, 0.3) is 0 Å². The Labute approximate surface area is 67.5 Å². The predicted octanol–water partition coefficient (Wildman–Crippen LogP) is 1.67. The Hall–Kier alpha value is 0.210. The lowest BCUT2D eigenvalue weighted by Crippen LogP contribution is -2.21. The minimum Gasteiger partial charge on any atom is -0.382 e. The van der Waals surface area contributed by atoms with Crippen molar-refractivity contribution in [3.63, 3.8) is 0 Å². The maximum Gasteiger partial charge on any atom is 0.0943 e.